The Kier molecular flexibility index (Phi) is 6.24. The molecule has 2 rings (SSSR count). The molecule has 5 heteroatoms. The molecule has 0 saturated heterocycles. The van der Waals surface area contributed by atoms with Crippen LogP contribution >= 0.6 is 27.3 Å². The molecule has 1 aromatic heterocycles. The van der Waals surface area contributed by atoms with Crippen molar-refractivity contribution in [3.8, 4) is 11.8 Å². The van der Waals surface area contributed by atoms with Crippen molar-refractivity contribution in [2.45, 2.75) is 13.0 Å². The number of rotatable bonds is 7. The van der Waals surface area contributed by atoms with E-state index in [1.807, 2.05) is 24.3 Å². The molecular weight excluding hydrogens is 348 g/mol. The second-order valence-electron chi connectivity index (χ2n) is 4.80. The fraction of sp³-hybridized carbons (Fsp3) is 0.312. The molecule has 0 fully saturated rings. The van der Waals surface area contributed by atoms with Crippen LogP contribution in [0.3, 0.4) is 0 Å². The van der Waals surface area contributed by atoms with Gasteiger partial charge >= 0.3 is 0 Å². The van der Waals surface area contributed by atoms with Crippen molar-refractivity contribution in [1.82, 2.24) is 4.90 Å². The second-order valence-corrected chi connectivity index (χ2v) is 6.71. The maximum absolute atomic E-state index is 8.63. The normalized spacial score (nSPS) is 10.6. The molecule has 21 heavy (non-hydrogen) atoms. The van der Waals surface area contributed by atoms with E-state index in [2.05, 4.69) is 45.4 Å². The average Bonchev–Trinajstić information content (AvgIpc) is 2.86. The number of benzene rings is 1. The monoisotopic (exact) mass is 364 g/mol. The number of ether oxygens (including phenoxy) is 1. The minimum Gasteiger partial charge on any atom is -0.492 e. The van der Waals surface area contributed by atoms with Gasteiger partial charge in [0.1, 0.15) is 12.4 Å². The maximum atomic E-state index is 8.63. The van der Waals surface area contributed by atoms with Crippen LogP contribution in [0.25, 0.3) is 0 Å². The SMILES string of the molecule is CN(CCOc1ccc(CC#N)cc1)Cc1cc(Br)cs1. The van der Waals surface area contributed by atoms with Gasteiger partial charge in [0, 0.05) is 27.8 Å². The van der Waals surface area contributed by atoms with Gasteiger partial charge in [-0.2, -0.15) is 5.26 Å². The van der Waals surface area contributed by atoms with Crippen molar-refractivity contribution < 1.29 is 4.74 Å². The Hall–Kier alpha value is -1.35. The lowest BCUT2D eigenvalue weighted by Gasteiger charge is -2.16. The summed E-state index contributed by atoms with van der Waals surface area (Å²) < 4.78 is 6.87. The molecule has 0 radical (unpaired) electrons. The van der Waals surface area contributed by atoms with Gasteiger partial charge in [0.05, 0.1) is 12.5 Å². The molecule has 0 aliphatic rings. The van der Waals surface area contributed by atoms with Crippen LogP contribution in [0, 0.1) is 11.3 Å². The Labute approximate surface area is 137 Å². The zero-order chi connectivity index (χ0) is 15.1. The molecule has 1 heterocycles. The van der Waals surface area contributed by atoms with E-state index in [9.17, 15) is 0 Å². The summed E-state index contributed by atoms with van der Waals surface area (Å²) in [5.41, 5.74) is 1.02. The van der Waals surface area contributed by atoms with E-state index in [1.54, 1.807) is 11.3 Å². The summed E-state index contributed by atoms with van der Waals surface area (Å²) in [5.74, 6) is 0.851. The Balaban J connectivity index is 1.72. The minimum absolute atomic E-state index is 0.444. The van der Waals surface area contributed by atoms with Crippen LogP contribution < -0.4 is 4.74 Å². The van der Waals surface area contributed by atoms with Crippen LogP contribution in [0.15, 0.2) is 40.2 Å². The van der Waals surface area contributed by atoms with Gasteiger partial charge < -0.3 is 4.74 Å². The zero-order valence-corrected chi connectivity index (χ0v) is 14.3. The van der Waals surface area contributed by atoms with Gasteiger partial charge in [-0.1, -0.05) is 12.1 Å². The number of nitrogens with zero attached hydrogens (tertiary/aromatic N) is 2. The largest absolute Gasteiger partial charge is 0.492 e. The predicted octanol–water partition coefficient (Wildman–Crippen LogP) is 4.09. The summed E-state index contributed by atoms with van der Waals surface area (Å²) in [7, 11) is 2.09. The van der Waals surface area contributed by atoms with E-state index in [4.69, 9.17) is 10.00 Å². The third-order valence-electron chi connectivity index (χ3n) is 3.00. The highest BCUT2D eigenvalue weighted by atomic mass is 79.9. The van der Waals surface area contributed by atoms with E-state index >= 15 is 0 Å². The summed E-state index contributed by atoms with van der Waals surface area (Å²) in [6.07, 6.45) is 0.444. The first kappa shape index (κ1) is 16.0. The summed E-state index contributed by atoms with van der Waals surface area (Å²) in [6, 6.07) is 12.0. The molecule has 1 aromatic carbocycles. The Bertz CT molecular complexity index is 603. The predicted molar refractivity (Wildman–Crippen MR) is 89.6 cm³/mol. The van der Waals surface area contributed by atoms with Gasteiger partial charge in [-0.3, -0.25) is 4.90 Å². The lowest BCUT2D eigenvalue weighted by molar-refractivity contribution is 0.234. The smallest absolute Gasteiger partial charge is 0.119 e. The van der Waals surface area contributed by atoms with Gasteiger partial charge in [-0.15, -0.1) is 11.3 Å². The number of likely N-dealkylation sites (N-methyl/N-ethyl adjacent to an activating group) is 1. The second kappa shape index (κ2) is 8.18. The summed E-state index contributed by atoms with van der Waals surface area (Å²) in [6.45, 7) is 2.46. The van der Waals surface area contributed by atoms with Crippen molar-refractivity contribution in [2.75, 3.05) is 20.2 Å². The first-order chi connectivity index (χ1) is 10.2. The molecule has 2 aromatic rings. The summed E-state index contributed by atoms with van der Waals surface area (Å²) >= 11 is 5.23. The lowest BCUT2D eigenvalue weighted by Crippen LogP contribution is -2.23. The molecule has 0 unspecified atom stereocenters. The highest BCUT2D eigenvalue weighted by Crippen LogP contribution is 2.20. The maximum Gasteiger partial charge on any atom is 0.119 e. The van der Waals surface area contributed by atoms with Gasteiger partial charge in [-0.25, -0.2) is 0 Å². The standard InChI is InChI=1S/C16H17BrN2OS/c1-19(11-16-10-14(17)12-21-16)8-9-20-15-4-2-13(3-5-15)6-7-18/h2-5,10,12H,6,8-9,11H2,1H3. The third kappa shape index (κ3) is 5.50. The van der Waals surface area contributed by atoms with E-state index in [1.165, 1.54) is 4.88 Å². The Morgan fingerprint density at radius 3 is 2.71 bits per heavy atom. The zero-order valence-electron chi connectivity index (χ0n) is 11.9. The number of nitriles is 1. The molecule has 0 aliphatic carbocycles. The molecule has 0 bridgehead atoms. The van der Waals surface area contributed by atoms with Crippen LogP contribution in [0.2, 0.25) is 0 Å². The van der Waals surface area contributed by atoms with Crippen LogP contribution in [-0.2, 0) is 13.0 Å². The first-order valence-corrected chi connectivity index (χ1v) is 8.35. The molecule has 0 aliphatic heterocycles. The van der Waals surface area contributed by atoms with E-state index < -0.39 is 0 Å². The lowest BCUT2D eigenvalue weighted by atomic mass is 10.2. The number of thiophene rings is 1. The van der Waals surface area contributed by atoms with Gasteiger partial charge in [0.2, 0.25) is 0 Å². The van der Waals surface area contributed by atoms with Crippen LogP contribution in [0.1, 0.15) is 10.4 Å². The number of hydrogen-bond donors (Lipinski definition) is 0. The molecule has 0 atom stereocenters. The van der Waals surface area contributed by atoms with Gasteiger partial charge in [0.25, 0.3) is 0 Å². The fourth-order valence-corrected chi connectivity index (χ4v) is 3.43. The van der Waals surface area contributed by atoms with E-state index in [0.29, 0.717) is 13.0 Å². The Morgan fingerprint density at radius 1 is 1.33 bits per heavy atom. The quantitative estimate of drug-likeness (QED) is 0.742. The first-order valence-electron chi connectivity index (χ1n) is 6.67. The van der Waals surface area contributed by atoms with Crippen LogP contribution in [-0.4, -0.2) is 25.1 Å². The number of hydrogen-bond acceptors (Lipinski definition) is 4. The highest BCUT2D eigenvalue weighted by Gasteiger charge is 2.03. The summed E-state index contributed by atoms with van der Waals surface area (Å²) in [5, 5.41) is 10.7. The topological polar surface area (TPSA) is 36.3 Å². The van der Waals surface area contributed by atoms with Gasteiger partial charge in [-0.05, 0) is 46.7 Å². The van der Waals surface area contributed by atoms with Crippen molar-refractivity contribution >= 4 is 27.3 Å². The molecule has 0 amide bonds. The highest BCUT2D eigenvalue weighted by molar-refractivity contribution is 9.10. The van der Waals surface area contributed by atoms with E-state index in [-0.39, 0.29) is 0 Å². The molecule has 0 N–H and O–H groups in total. The van der Waals surface area contributed by atoms with Crippen molar-refractivity contribution in [3.63, 3.8) is 0 Å². The summed E-state index contributed by atoms with van der Waals surface area (Å²) in [4.78, 5) is 3.58. The minimum atomic E-state index is 0.444. The molecule has 0 spiro atoms. The van der Waals surface area contributed by atoms with Crippen molar-refractivity contribution in [1.29, 1.82) is 5.26 Å². The van der Waals surface area contributed by atoms with E-state index in [0.717, 1.165) is 28.9 Å². The van der Waals surface area contributed by atoms with Crippen LogP contribution in [0.4, 0.5) is 0 Å². The van der Waals surface area contributed by atoms with Crippen molar-refractivity contribution in [2.24, 2.45) is 0 Å². The molecular formula is C16H17BrN2OS. The van der Waals surface area contributed by atoms with Gasteiger partial charge in [0.15, 0.2) is 0 Å². The third-order valence-corrected chi connectivity index (χ3v) is 4.68. The average molecular weight is 365 g/mol. The fourth-order valence-electron chi connectivity index (χ4n) is 1.90. The number of halogens is 1. The molecule has 0 saturated carbocycles. The Morgan fingerprint density at radius 2 is 2.10 bits per heavy atom. The molecule has 110 valence electrons. The van der Waals surface area contributed by atoms with Crippen molar-refractivity contribution in [3.05, 3.63) is 50.6 Å². The molecule has 3 nitrogen and oxygen atoms in total. The van der Waals surface area contributed by atoms with Crippen LogP contribution in [0.5, 0.6) is 5.75 Å².